The molecule has 0 atom stereocenters. The number of hydrogen-bond donors (Lipinski definition) is 1. The van der Waals surface area contributed by atoms with E-state index < -0.39 is 34.8 Å². The molecule has 0 aliphatic carbocycles. The van der Waals surface area contributed by atoms with Crippen molar-refractivity contribution >= 4 is 0 Å². The first-order valence-corrected chi connectivity index (χ1v) is 3.99. The quantitative estimate of drug-likeness (QED) is 0.723. The highest BCUT2D eigenvalue weighted by Gasteiger charge is 2.45. The van der Waals surface area contributed by atoms with Crippen LogP contribution in [0.15, 0.2) is 12.1 Å². The summed E-state index contributed by atoms with van der Waals surface area (Å²) in [5.41, 5.74) is -5.14. The van der Waals surface area contributed by atoms with Crippen molar-refractivity contribution < 1.29 is 31.4 Å². The third-order valence-electron chi connectivity index (χ3n) is 1.89. The number of halogens is 6. The second-order valence-corrected chi connectivity index (χ2v) is 2.99. The minimum atomic E-state index is -5.40. The number of hydrogen-bond acceptors (Lipinski definition) is 2. The Hall–Kier alpha value is -1.91. The zero-order chi connectivity index (χ0) is 13.4. The number of nitrogens with zero attached hydrogens (tertiary/aromatic N) is 1. The van der Waals surface area contributed by atoms with E-state index in [9.17, 15) is 26.3 Å². The van der Waals surface area contributed by atoms with E-state index in [0.717, 1.165) is 0 Å². The number of phenols is 1. The van der Waals surface area contributed by atoms with Gasteiger partial charge in [0.1, 0.15) is 17.4 Å². The molecule has 0 radical (unpaired) electrons. The molecule has 0 unspecified atom stereocenters. The second-order valence-electron chi connectivity index (χ2n) is 2.99. The van der Waals surface area contributed by atoms with E-state index >= 15 is 0 Å². The Bertz CT molecular complexity index is 482. The standard InChI is InChI=1S/C9H3F6NO/c10-8(11,12)5-2-1-4(3-16)7(17)6(5)9(13,14)15/h1-2,17H. The molecule has 0 aliphatic heterocycles. The van der Waals surface area contributed by atoms with Gasteiger partial charge in [-0.05, 0) is 12.1 Å². The third-order valence-corrected chi connectivity index (χ3v) is 1.89. The maximum absolute atomic E-state index is 12.4. The highest BCUT2D eigenvalue weighted by Crippen LogP contribution is 2.45. The lowest BCUT2D eigenvalue weighted by molar-refractivity contribution is -0.163. The van der Waals surface area contributed by atoms with Gasteiger partial charge in [0.25, 0.3) is 0 Å². The molecule has 0 saturated carbocycles. The van der Waals surface area contributed by atoms with Crippen LogP contribution in [0.4, 0.5) is 26.3 Å². The Kier molecular flexibility index (Phi) is 2.97. The summed E-state index contributed by atoms with van der Waals surface area (Å²) in [6.45, 7) is 0. The fraction of sp³-hybridized carbons (Fsp3) is 0.222. The summed E-state index contributed by atoms with van der Waals surface area (Å²) in [6.07, 6.45) is -10.7. The van der Waals surface area contributed by atoms with E-state index in [1.807, 2.05) is 0 Å². The summed E-state index contributed by atoms with van der Waals surface area (Å²) < 4.78 is 74.1. The maximum Gasteiger partial charge on any atom is 0.420 e. The Balaban J connectivity index is 3.67. The molecule has 0 aromatic heterocycles. The highest BCUT2D eigenvalue weighted by molar-refractivity contribution is 5.53. The monoisotopic (exact) mass is 255 g/mol. The Labute approximate surface area is 90.7 Å². The molecule has 0 heterocycles. The molecular weight excluding hydrogens is 252 g/mol. The molecule has 17 heavy (non-hydrogen) atoms. The first kappa shape index (κ1) is 13.2. The predicted molar refractivity (Wildman–Crippen MR) is 42.8 cm³/mol. The van der Waals surface area contributed by atoms with E-state index in [-0.39, 0.29) is 6.07 Å². The zero-order valence-corrected chi connectivity index (χ0v) is 7.82. The largest absolute Gasteiger partial charge is 0.506 e. The Morgan fingerprint density at radius 2 is 1.53 bits per heavy atom. The molecule has 0 spiro atoms. The summed E-state index contributed by atoms with van der Waals surface area (Å²) in [7, 11) is 0. The van der Waals surface area contributed by atoms with Crippen LogP contribution in [-0.4, -0.2) is 5.11 Å². The number of alkyl halides is 6. The van der Waals surface area contributed by atoms with Crippen molar-refractivity contribution in [2.75, 3.05) is 0 Å². The van der Waals surface area contributed by atoms with Gasteiger partial charge < -0.3 is 5.11 Å². The normalized spacial score (nSPS) is 12.3. The van der Waals surface area contributed by atoms with Crippen molar-refractivity contribution in [1.82, 2.24) is 0 Å². The fourth-order valence-corrected chi connectivity index (χ4v) is 1.20. The second kappa shape index (κ2) is 3.84. The van der Waals surface area contributed by atoms with Gasteiger partial charge in [-0.1, -0.05) is 0 Å². The van der Waals surface area contributed by atoms with Crippen LogP contribution in [0.1, 0.15) is 16.7 Å². The van der Waals surface area contributed by atoms with E-state index in [1.54, 1.807) is 0 Å². The lowest BCUT2D eigenvalue weighted by atomic mass is 10.0. The van der Waals surface area contributed by atoms with Crippen molar-refractivity contribution in [1.29, 1.82) is 5.26 Å². The average molecular weight is 255 g/mol. The molecule has 1 aromatic rings. The van der Waals surface area contributed by atoms with Gasteiger partial charge in [-0.25, -0.2) is 0 Å². The molecule has 0 fully saturated rings. The molecule has 2 nitrogen and oxygen atoms in total. The van der Waals surface area contributed by atoms with Crippen LogP contribution < -0.4 is 0 Å². The maximum atomic E-state index is 12.4. The summed E-state index contributed by atoms with van der Waals surface area (Å²) in [4.78, 5) is 0. The number of benzene rings is 1. The molecule has 1 N–H and O–H groups in total. The molecule has 0 bridgehead atoms. The van der Waals surface area contributed by atoms with Gasteiger partial charge in [0.15, 0.2) is 0 Å². The van der Waals surface area contributed by atoms with Gasteiger partial charge >= 0.3 is 12.4 Å². The van der Waals surface area contributed by atoms with Crippen LogP contribution in [0.3, 0.4) is 0 Å². The average Bonchev–Trinajstić information content (AvgIpc) is 2.13. The fourth-order valence-electron chi connectivity index (χ4n) is 1.20. The van der Waals surface area contributed by atoms with Crippen LogP contribution in [0.2, 0.25) is 0 Å². The number of phenolic OH excluding ortho intramolecular Hbond substituents is 1. The number of aromatic hydroxyl groups is 1. The van der Waals surface area contributed by atoms with Gasteiger partial charge in [0.05, 0.1) is 11.1 Å². The Morgan fingerprint density at radius 3 is 1.88 bits per heavy atom. The van der Waals surface area contributed by atoms with Gasteiger partial charge in [-0.2, -0.15) is 31.6 Å². The van der Waals surface area contributed by atoms with E-state index in [2.05, 4.69) is 0 Å². The summed E-state index contributed by atoms with van der Waals surface area (Å²) >= 11 is 0. The molecule has 8 heteroatoms. The number of rotatable bonds is 0. The first-order valence-electron chi connectivity index (χ1n) is 3.99. The van der Waals surface area contributed by atoms with E-state index in [1.165, 1.54) is 6.07 Å². The zero-order valence-electron chi connectivity index (χ0n) is 7.82. The van der Waals surface area contributed by atoms with Gasteiger partial charge in [0, 0.05) is 0 Å². The lowest BCUT2D eigenvalue weighted by Gasteiger charge is -2.16. The lowest BCUT2D eigenvalue weighted by Crippen LogP contribution is -2.17. The van der Waals surface area contributed by atoms with Crippen molar-refractivity contribution in [3.63, 3.8) is 0 Å². The van der Waals surface area contributed by atoms with Crippen LogP contribution in [0, 0.1) is 11.3 Å². The minimum Gasteiger partial charge on any atom is -0.506 e. The van der Waals surface area contributed by atoms with Gasteiger partial charge in [0.2, 0.25) is 0 Å². The van der Waals surface area contributed by atoms with Crippen LogP contribution in [0.5, 0.6) is 5.75 Å². The summed E-state index contributed by atoms with van der Waals surface area (Å²) in [5.74, 6) is -1.71. The molecule has 1 aromatic carbocycles. The minimum absolute atomic E-state index is 0.112. The van der Waals surface area contributed by atoms with Crippen molar-refractivity contribution in [2.24, 2.45) is 0 Å². The highest BCUT2D eigenvalue weighted by atomic mass is 19.4. The summed E-state index contributed by atoms with van der Waals surface area (Å²) in [5, 5.41) is 17.4. The smallest absolute Gasteiger partial charge is 0.420 e. The first-order chi connectivity index (χ1) is 7.59. The van der Waals surface area contributed by atoms with Crippen LogP contribution >= 0.6 is 0 Å². The SMILES string of the molecule is N#Cc1ccc(C(F)(F)F)c(C(F)(F)F)c1O. The van der Waals surface area contributed by atoms with E-state index in [0.29, 0.717) is 6.07 Å². The van der Waals surface area contributed by atoms with Crippen LogP contribution in [0.25, 0.3) is 0 Å². The van der Waals surface area contributed by atoms with Crippen molar-refractivity contribution in [3.05, 3.63) is 28.8 Å². The third kappa shape index (κ3) is 2.43. The van der Waals surface area contributed by atoms with Gasteiger partial charge in [-0.3, -0.25) is 0 Å². The van der Waals surface area contributed by atoms with Gasteiger partial charge in [-0.15, -0.1) is 0 Å². The molecule has 92 valence electrons. The topological polar surface area (TPSA) is 44.0 Å². The number of nitriles is 1. The molecule has 0 aliphatic rings. The molecule has 1 rings (SSSR count). The molecule has 0 amide bonds. The molecular formula is C9H3F6NO. The predicted octanol–water partition coefficient (Wildman–Crippen LogP) is 3.30. The van der Waals surface area contributed by atoms with Crippen molar-refractivity contribution in [2.45, 2.75) is 12.4 Å². The molecule has 0 saturated heterocycles. The van der Waals surface area contributed by atoms with Crippen LogP contribution in [-0.2, 0) is 12.4 Å². The van der Waals surface area contributed by atoms with E-state index in [4.69, 9.17) is 10.4 Å². The Morgan fingerprint density at radius 1 is 1.00 bits per heavy atom. The summed E-state index contributed by atoms with van der Waals surface area (Å²) in [6, 6.07) is 1.76. The van der Waals surface area contributed by atoms with Crippen molar-refractivity contribution in [3.8, 4) is 11.8 Å².